The number of hydrogen-bond donors (Lipinski definition) is 2. The Morgan fingerprint density at radius 1 is 1.21 bits per heavy atom. The SMILES string of the molecule is CN=C(NCCCN(C(C)C)C(C)C)NC1CC(C)N(C2CC2)C1. The van der Waals surface area contributed by atoms with Crippen LogP contribution in [-0.4, -0.2) is 72.7 Å². The lowest BCUT2D eigenvalue weighted by atomic mass is 10.2. The lowest BCUT2D eigenvalue weighted by molar-refractivity contribution is 0.173. The van der Waals surface area contributed by atoms with Crippen molar-refractivity contribution in [1.82, 2.24) is 20.4 Å². The van der Waals surface area contributed by atoms with Crippen LogP contribution in [0.4, 0.5) is 0 Å². The summed E-state index contributed by atoms with van der Waals surface area (Å²) < 4.78 is 0. The first kappa shape index (κ1) is 19.5. The predicted octanol–water partition coefficient (Wildman–Crippen LogP) is 2.29. The average molecular weight is 338 g/mol. The van der Waals surface area contributed by atoms with E-state index in [4.69, 9.17) is 0 Å². The molecular formula is C19H39N5. The number of aliphatic imine (C=N–C) groups is 1. The largest absolute Gasteiger partial charge is 0.356 e. The van der Waals surface area contributed by atoms with Crippen molar-refractivity contribution < 1.29 is 0 Å². The molecule has 5 heteroatoms. The average Bonchev–Trinajstić information content (AvgIpc) is 3.28. The quantitative estimate of drug-likeness (QED) is 0.405. The second-order valence-electron chi connectivity index (χ2n) is 8.13. The Morgan fingerprint density at radius 2 is 1.88 bits per heavy atom. The Hall–Kier alpha value is -0.810. The second-order valence-corrected chi connectivity index (χ2v) is 8.13. The summed E-state index contributed by atoms with van der Waals surface area (Å²) in [6.07, 6.45) is 5.16. The topological polar surface area (TPSA) is 42.9 Å². The van der Waals surface area contributed by atoms with Gasteiger partial charge in [0.05, 0.1) is 0 Å². The highest BCUT2D eigenvalue weighted by molar-refractivity contribution is 5.80. The van der Waals surface area contributed by atoms with E-state index in [0.29, 0.717) is 24.2 Å². The van der Waals surface area contributed by atoms with Crippen LogP contribution >= 0.6 is 0 Å². The molecule has 1 saturated heterocycles. The predicted molar refractivity (Wildman–Crippen MR) is 104 cm³/mol. The van der Waals surface area contributed by atoms with Crippen LogP contribution in [0, 0.1) is 0 Å². The summed E-state index contributed by atoms with van der Waals surface area (Å²) in [4.78, 5) is 9.63. The minimum atomic E-state index is 0.537. The van der Waals surface area contributed by atoms with Gasteiger partial charge >= 0.3 is 0 Å². The van der Waals surface area contributed by atoms with E-state index in [1.54, 1.807) is 0 Å². The van der Waals surface area contributed by atoms with Gasteiger partial charge in [0.25, 0.3) is 0 Å². The van der Waals surface area contributed by atoms with E-state index >= 15 is 0 Å². The molecule has 0 aromatic carbocycles. The van der Waals surface area contributed by atoms with Crippen molar-refractivity contribution in [2.24, 2.45) is 4.99 Å². The molecule has 1 aliphatic carbocycles. The van der Waals surface area contributed by atoms with E-state index in [0.717, 1.165) is 31.5 Å². The van der Waals surface area contributed by atoms with Crippen LogP contribution in [-0.2, 0) is 0 Å². The van der Waals surface area contributed by atoms with Crippen LogP contribution in [0.15, 0.2) is 4.99 Å². The van der Waals surface area contributed by atoms with Gasteiger partial charge in [-0.05, 0) is 60.3 Å². The number of guanidine groups is 1. The molecule has 0 aromatic rings. The van der Waals surface area contributed by atoms with Gasteiger partial charge in [-0.15, -0.1) is 0 Å². The minimum absolute atomic E-state index is 0.537. The summed E-state index contributed by atoms with van der Waals surface area (Å²) in [6, 6.07) is 3.32. The minimum Gasteiger partial charge on any atom is -0.356 e. The van der Waals surface area contributed by atoms with Gasteiger partial charge < -0.3 is 10.6 Å². The van der Waals surface area contributed by atoms with Crippen molar-refractivity contribution in [3.8, 4) is 0 Å². The summed E-state index contributed by atoms with van der Waals surface area (Å²) >= 11 is 0. The standard InChI is InChI=1S/C19H39N5/c1-14(2)23(15(3)4)11-7-10-21-19(20-6)22-17-12-16(5)24(13-17)18-8-9-18/h14-18H,7-13H2,1-6H3,(H2,20,21,22). The lowest BCUT2D eigenvalue weighted by Crippen LogP contribution is -2.45. The molecule has 1 aliphatic heterocycles. The zero-order valence-electron chi connectivity index (χ0n) is 16.7. The molecule has 140 valence electrons. The first-order chi connectivity index (χ1) is 11.4. The third-order valence-electron chi connectivity index (χ3n) is 5.42. The summed E-state index contributed by atoms with van der Waals surface area (Å²) in [5.41, 5.74) is 0. The molecule has 0 aromatic heterocycles. The fourth-order valence-corrected chi connectivity index (χ4v) is 4.04. The van der Waals surface area contributed by atoms with Crippen LogP contribution < -0.4 is 10.6 Å². The summed E-state index contributed by atoms with van der Waals surface area (Å²) in [7, 11) is 1.88. The normalized spacial score (nSPS) is 26.0. The zero-order chi connectivity index (χ0) is 17.7. The summed E-state index contributed by atoms with van der Waals surface area (Å²) in [5.74, 6) is 0.963. The molecule has 2 atom stereocenters. The molecule has 2 fully saturated rings. The van der Waals surface area contributed by atoms with Gasteiger partial charge in [0.2, 0.25) is 0 Å². The van der Waals surface area contributed by atoms with Gasteiger partial charge in [0, 0.05) is 56.9 Å². The number of rotatable bonds is 8. The highest BCUT2D eigenvalue weighted by Gasteiger charge is 2.38. The molecule has 1 heterocycles. The molecule has 2 unspecified atom stereocenters. The van der Waals surface area contributed by atoms with Gasteiger partial charge in [-0.3, -0.25) is 14.8 Å². The fraction of sp³-hybridized carbons (Fsp3) is 0.947. The second kappa shape index (κ2) is 9.04. The van der Waals surface area contributed by atoms with Crippen molar-refractivity contribution in [2.75, 3.05) is 26.7 Å². The smallest absolute Gasteiger partial charge is 0.191 e. The molecule has 24 heavy (non-hydrogen) atoms. The summed E-state index contributed by atoms with van der Waals surface area (Å²) in [6.45, 7) is 14.8. The van der Waals surface area contributed by atoms with Gasteiger partial charge in [-0.2, -0.15) is 0 Å². The van der Waals surface area contributed by atoms with Crippen molar-refractivity contribution in [3.63, 3.8) is 0 Å². The fourth-order valence-electron chi connectivity index (χ4n) is 4.04. The highest BCUT2D eigenvalue weighted by atomic mass is 15.3. The first-order valence-electron chi connectivity index (χ1n) is 9.91. The van der Waals surface area contributed by atoms with Gasteiger partial charge in [0.1, 0.15) is 0 Å². The van der Waals surface area contributed by atoms with E-state index in [2.05, 4.69) is 60.0 Å². The Kier molecular flexibility index (Phi) is 7.35. The van der Waals surface area contributed by atoms with Crippen LogP contribution in [0.5, 0.6) is 0 Å². The Balaban J connectivity index is 1.67. The van der Waals surface area contributed by atoms with Crippen molar-refractivity contribution in [2.45, 2.75) is 90.5 Å². The molecular weight excluding hydrogens is 298 g/mol. The maximum atomic E-state index is 4.41. The van der Waals surface area contributed by atoms with Crippen LogP contribution in [0.25, 0.3) is 0 Å². The number of nitrogens with one attached hydrogen (secondary N) is 2. The van der Waals surface area contributed by atoms with Crippen LogP contribution in [0.2, 0.25) is 0 Å². The maximum Gasteiger partial charge on any atom is 0.191 e. The number of likely N-dealkylation sites (tertiary alicyclic amines) is 1. The number of nitrogens with zero attached hydrogens (tertiary/aromatic N) is 3. The van der Waals surface area contributed by atoms with Crippen molar-refractivity contribution >= 4 is 5.96 Å². The van der Waals surface area contributed by atoms with Crippen molar-refractivity contribution in [1.29, 1.82) is 0 Å². The molecule has 1 saturated carbocycles. The first-order valence-corrected chi connectivity index (χ1v) is 9.91. The Bertz CT molecular complexity index is 395. The zero-order valence-corrected chi connectivity index (χ0v) is 16.7. The molecule has 0 spiro atoms. The van der Waals surface area contributed by atoms with Gasteiger partial charge in [0.15, 0.2) is 5.96 Å². The third-order valence-corrected chi connectivity index (χ3v) is 5.42. The van der Waals surface area contributed by atoms with E-state index in [9.17, 15) is 0 Å². The summed E-state index contributed by atoms with van der Waals surface area (Å²) in [5, 5.41) is 7.12. The van der Waals surface area contributed by atoms with E-state index in [1.807, 2.05) is 7.05 Å². The molecule has 0 bridgehead atoms. The van der Waals surface area contributed by atoms with Crippen LogP contribution in [0.1, 0.15) is 60.3 Å². The molecule has 2 N–H and O–H groups in total. The van der Waals surface area contributed by atoms with Crippen molar-refractivity contribution in [3.05, 3.63) is 0 Å². The van der Waals surface area contributed by atoms with Crippen LogP contribution in [0.3, 0.4) is 0 Å². The Labute approximate surface area is 149 Å². The number of hydrogen-bond acceptors (Lipinski definition) is 3. The maximum absolute atomic E-state index is 4.41. The third kappa shape index (κ3) is 5.62. The van der Waals surface area contributed by atoms with E-state index < -0.39 is 0 Å². The molecule has 2 rings (SSSR count). The van der Waals surface area contributed by atoms with E-state index in [-0.39, 0.29) is 0 Å². The molecule has 0 radical (unpaired) electrons. The molecule has 0 amide bonds. The van der Waals surface area contributed by atoms with Gasteiger partial charge in [-0.25, -0.2) is 0 Å². The van der Waals surface area contributed by atoms with E-state index in [1.165, 1.54) is 25.8 Å². The molecule has 2 aliphatic rings. The Morgan fingerprint density at radius 3 is 2.42 bits per heavy atom. The monoisotopic (exact) mass is 337 g/mol. The highest BCUT2D eigenvalue weighted by Crippen LogP contribution is 2.33. The molecule has 5 nitrogen and oxygen atoms in total. The van der Waals surface area contributed by atoms with Gasteiger partial charge in [-0.1, -0.05) is 0 Å². The lowest BCUT2D eigenvalue weighted by Gasteiger charge is -2.30.